The molecule has 164 valence electrons. The number of nitro benzene ring substituents is 1. The summed E-state index contributed by atoms with van der Waals surface area (Å²) in [5, 5.41) is 11.3. The van der Waals surface area contributed by atoms with E-state index in [4.69, 9.17) is 0 Å². The summed E-state index contributed by atoms with van der Waals surface area (Å²) < 4.78 is 13.4. The number of hydrogen-bond donors (Lipinski definition) is 0. The van der Waals surface area contributed by atoms with Crippen LogP contribution in [-0.2, 0) is 6.54 Å². The molecule has 0 N–H and O–H groups in total. The zero-order valence-corrected chi connectivity index (χ0v) is 17.6. The van der Waals surface area contributed by atoms with Gasteiger partial charge in [0.15, 0.2) is 0 Å². The molecule has 0 radical (unpaired) electrons. The molecule has 0 spiro atoms. The lowest BCUT2D eigenvalue weighted by Gasteiger charge is -2.38. The topological polar surface area (TPSA) is 66.7 Å². The number of carbonyl (C=O) groups is 1. The predicted molar refractivity (Wildman–Crippen MR) is 121 cm³/mol. The Balaban J connectivity index is 1.50. The summed E-state index contributed by atoms with van der Waals surface area (Å²) in [6, 6.07) is 21.9. The highest BCUT2D eigenvalue weighted by Crippen LogP contribution is 2.28. The molecule has 1 heterocycles. The minimum absolute atomic E-state index is 0.0167. The van der Waals surface area contributed by atoms with Crippen LogP contribution in [0.25, 0.3) is 0 Å². The molecule has 0 saturated carbocycles. The smallest absolute Gasteiger partial charge is 0.273 e. The number of para-hydroxylation sites is 2. The van der Waals surface area contributed by atoms with Crippen LogP contribution in [0.1, 0.15) is 28.8 Å². The van der Waals surface area contributed by atoms with E-state index in [9.17, 15) is 19.3 Å². The summed E-state index contributed by atoms with van der Waals surface area (Å²) in [5.74, 6) is -0.538. The van der Waals surface area contributed by atoms with Gasteiger partial charge in [0.05, 0.1) is 4.92 Å². The second kappa shape index (κ2) is 9.70. The van der Waals surface area contributed by atoms with E-state index in [2.05, 4.69) is 4.90 Å². The van der Waals surface area contributed by atoms with Crippen molar-refractivity contribution in [1.82, 2.24) is 4.90 Å². The largest absolute Gasteiger partial charge is 0.305 e. The molecule has 4 rings (SSSR count). The Morgan fingerprint density at radius 3 is 2.25 bits per heavy atom. The molecule has 1 saturated heterocycles. The monoisotopic (exact) mass is 433 g/mol. The number of nitro groups is 1. The molecular formula is C25H24FN3O3. The summed E-state index contributed by atoms with van der Waals surface area (Å²) in [4.78, 5) is 28.3. The van der Waals surface area contributed by atoms with E-state index < -0.39 is 0 Å². The molecule has 7 heteroatoms. The van der Waals surface area contributed by atoms with Crippen LogP contribution in [0, 0.1) is 15.9 Å². The van der Waals surface area contributed by atoms with E-state index in [1.807, 2.05) is 36.4 Å². The molecule has 1 aliphatic heterocycles. The summed E-state index contributed by atoms with van der Waals surface area (Å²) in [7, 11) is 0. The normalized spacial score (nSPS) is 14.8. The highest BCUT2D eigenvalue weighted by atomic mass is 19.1. The van der Waals surface area contributed by atoms with Gasteiger partial charge in [-0.3, -0.25) is 19.8 Å². The SMILES string of the molecule is O=C(c1ccc(F)cc1)N(c1ccccc1)C1CCN(Cc2ccccc2[N+](=O)[O-])CC1. The van der Waals surface area contributed by atoms with Gasteiger partial charge >= 0.3 is 0 Å². The van der Waals surface area contributed by atoms with E-state index in [0.29, 0.717) is 17.7 Å². The molecule has 1 aliphatic rings. The lowest BCUT2D eigenvalue weighted by atomic mass is 10.00. The van der Waals surface area contributed by atoms with E-state index in [1.165, 1.54) is 30.3 Å². The minimum atomic E-state index is -0.379. The van der Waals surface area contributed by atoms with Gasteiger partial charge in [-0.2, -0.15) is 0 Å². The van der Waals surface area contributed by atoms with Crippen molar-refractivity contribution in [1.29, 1.82) is 0 Å². The fraction of sp³-hybridized carbons (Fsp3) is 0.240. The lowest BCUT2D eigenvalue weighted by molar-refractivity contribution is -0.385. The Bertz CT molecular complexity index is 1080. The second-order valence-electron chi connectivity index (χ2n) is 7.91. The summed E-state index contributed by atoms with van der Waals surface area (Å²) in [6.07, 6.45) is 1.48. The number of likely N-dealkylation sites (tertiary alicyclic amines) is 1. The number of carbonyl (C=O) groups excluding carboxylic acids is 1. The number of halogens is 1. The molecule has 3 aromatic carbocycles. The fourth-order valence-corrected chi connectivity index (χ4v) is 4.21. The van der Waals surface area contributed by atoms with E-state index >= 15 is 0 Å². The van der Waals surface area contributed by atoms with Crippen LogP contribution in [-0.4, -0.2) is 34.9 Å². The van der Waals surface area contributed by atoms with E-state index in [0.717, 1.165) is 31.6 Å². The third-order valence-corrected chi connectivity index (χ3v) is 5.85. The number of benzene rings is 3. The minimum Gasteiger partial charge on any atom is -0.305 e. The highest BCUT2D eigenvalue weighted by Gasteiger charge is 2.30. The van der Waals surface area contributed by atoms with Crippen molar-refractivity contribution in [2.75, 3.05) is 18.0 Å². The van der Waals surface area contributed by atoms with Gasteiger partial charge in [-0.05, 0) is 49.2 Å². The average Bonchev–Trinajstić information content (AvgIpc) is 2.82. The van der Waals surface area contributed by atoms with Crippen LogP contribution in [0.2, 0.25) is 0 Å². The van der Waals surface area contributed by atoms with Crippen molar-refractivity contribution >= 4 is 17.3 Å². The van der Waals surface area contributed by atoms with Gasteiger partial charge in [0.2, 0.25) is 0 Å². The Morgan fingerprint density at radius 2 is 1.59 bits per heavy atom. The number of nitrogens with zero attached hydrogens (tertiary/aromatic N) is 3. The van der Waals surface area contributed by atoms with Gasteiger partial charge in [-0.15, -0.1) is 0 Å². The first-order valence-electron chi connectivity index (χ1n) is 10.6. The van der Waals surface area contributed by atoms with E-state index in [-0.39, 0.29) is 28.4 Å². The van der Waals surface area contributed by atoms with Crippen molar-refractivity contribution < 1.29 is 14.1 Å². The van der Waals surface area contributed by atoms with Gasteiger partial charge in [0, 0.05) is 48.6 Å². The van der Waals surface area contributed by atoms with Gasteiger partial charge in [-0.1, -0.05) is 36.4 Å². The first-order valence-corrected chi connectivity index (χ1v) is 10.6. The average molecular weight is 433 g/mol. The molecule has 0 bridgehead atoms. The van der Waals surface area contributed by atoms with Crippen molar-refractivity contribution in [3.8, 4) is 0 Å². The van der Waals surface area contributed by atoms with Crippen LogP contribution in [0.3, 0.4) is 0 Å². The molecule has 0 aliphatic carbocycles. The zero-order valence-electron chi connectivity index (χ0n) is 17.6. The molecule has 0 unspecified atom stereocenters. The summed E-state index contributed by atoms with van der Waals surface area (Å²) in [5.41, 5.74) is 2.07. The van der Waals surface area contributed by atoms with Crippen LogP contribution in [0.4, 0.5) is 15.8 Å². The standard InChI is InChI=1S/C25H24FN3O3/c26-21-12-10-19(11-13-21)25(30)28(22-7-2-1-3-8-22)23-14-16-27(17-15-23)18-20-6-4-5-9-24(20)29(31)32/h1-13,23H,14-18H2. The maximum Gasteiger partial charge on any atom is 0.273 e. The number of hydrogen-bond acceptors (Lipinski definition) is 4. The van der Waals surface area contributed by atoms with Crippen molar-refractivity contribution in [3.05, 3.63) is 106 Å². The molecule has 3 aromatic rings. The molecular weight excluding hydrogens is 409 g/mol. The summed E-state index contributed by atoms with van der Waals surface area (Å²) in [6.45, 7) is 1.94. The molecule has 6 nitrogen and oxygen atoms in total. The first-order chi connectivity index (χ1) is 15.5. The highest BCUT2D eigenvalue weighted by molar-refractivity contribution is 6.06. The zero-order chi connectivity index (χ0) is 22.5. The molecule has 32 heavy (non-hydrogen) atoms. The maximum atomic E-state index is 13.4. The van der Waals surface area contributed by atoms with Crippen molar-refractivity contribution in [2.24, 2.45) is 0 Å². The number of piperidine rings is 1. The second-order valence-corrected chi connectivity index (χ2v) is 7.91. The molecule has 0 atom stereocenters. The van der Waals surface area contributed by atoms with Crippen LogP contribution < -0.4 is 4.90 Å². The van der Waals surface area contributed by atoms with E-state index in [1.54, 1.807) is 17.0 Å². The van der Waals surface area contributed by atoms with Gasteiger partial charge in [-0.25, -0.2) is 4.39 Å². The first kappa shape index (κ1) is 21.6. The lowest BCUT2D eigenvalue weighted by Crippen LogP contribution is -2.47. The van der Waals surface area contributed by atoms with Crippen LogP contribution in [0.5, 0.6) is 0 Å². The summed E-state index contributed by atoms with van der Waals surface area (Å²) >= 11 is 0. The van der Waals surface area contributed by atoms with Crippen molar-refractivity contribution in [2.45, 2.75) is 25.4 Å². The maximum absolute atomic E-state index is 13.4. The Kier molecular flexibility index (Phi) is 6.56. The quantitative estimate of drug-likeness (QED) is 0.403. The van der Waals surface area contributed by atoms with Crippen molar-refractivity contribution in [3.63, 3.8) is 0 Å². The third kappa shape index (κ3) is 4.84. The van der Waals surface area contributed by atoms with Crippen LogP contribution >= 0.6 is 0 Å². The Morgan fingerprint density at radius 1 is 0.969 bits per heavy atom. The predicted octanol–water partition coefficient (Wildman–Crippen LogP) is 5.05. The third-order valence-electron chi connectivity index (χ3n) is 5.85. The molecule has 0 aromatic heterocycles. The van der Waals surface area contributed by atoms with Crippen LogP contribution in [0.15, 0.2) is 78.9 Å². The fourth-order valence-electron chi connectivity index (χ4n) is 4.21. The Hall–Kier alpha value is -3.58. The number of anilines is 1. The van der Waals surface area contributed by atoms with Gasteiger partial charge in [0.1, 0.15) is 5.82 Å². The molecule has 1 amide bonds. The van der Waals surface area contributed by atoms with Gasteiger partial charge in [0.25, 0.3) is 11.6 Å². The number of rotatable bonds is 6. The Labute approximate surface area is 186 Å². The van der Waals surface area contributed by atoms with Gasteiger partial charge < -0.3 is 4.90 Å². The number of amides is 1. The molecule has 1 fully saturated rings.